The van der Waals surface area contributed by atoms with Crippen LogP contribution in [-0.2, 0) is 19.7 Å². The number of nitrogens with two attached hydrogens (primary N) is 1. The summed E-state index contributed by atoms with van der Waals surface area (Å²) in [5.74, 6) is -0.216. The summed E-state index contributed by atoms with van der Waals surface area (Å²) < 4.78 is 17.4. The van der Waals surface area contributed by atoms with Crippen molar-refractivity contribution >= 4 is 22.8 Å². The third kappa shape index (κ3) is 4.82. The maximum Gasteiger partial charge on any atom is 0.408 e. The Morgan fingerprint density at radius 3 is 2.33 bits per heavy atom. The molecule has 8 heteroatoms. The monoisotopic (exact) mass is 524 g/mol. The molecule has 1 aliphatic heterocycles. The predicted molar refractivity (Wildman–Crippen MR) is 150 cm³/mol. The Morgan fingerprint density at radius 1 is 0.974 bits per heavy atom. The van der Waals surface area contributed by atoms with Crippen molar-refractivity contribution in [2.24, 2.45) is 0 Å². The molecule has 1 saturated heterocycles. The second kappa shape index (κ2) is 9.32. The van der Waals surface area contributed by atoms with Crippen LogP contribution in [0.1, 0.15) is 39.2 Å². The normalized spacial score (nSPS) is 17.6. The third-order valence-corrected chi connectivity index (χ3v) is 7.27. The number of anilines is 1. The lowest BCUT2D eigenvalue weighted by Crippen LogP contribution is -2.64. The molecule has 0 unspecified atom stereocenters. The van der Waals surface area contributed by atoms with Gasteiger partial charge in [0.05, 0.1) is 30.0 Å². The molecule has 1 spiro atoms. The summed E-state index contributed by atoms with van der Waals surface area (Å²) in [6.45, 7) is 6.66. The number of alkyl carbamates (subject to hydrolysis) is 1. The van der Waals surface area contributed by atoms with Crippen LogP contribution >= 0.6 is 0 Å². The second-order valence-corrected chi connectivity index (χ2v) is 11.3. The van der Waals surface area contributed by atoms with Crippen LogP contribution in [0.15, 0.2) is 72.9 Å². The van der Waals surface area contributed by atoms with E-state index >= 15 is 0 Å². The molecule has 4 aromatic rings. The summed E-state index contributed by atoms with van der Waals surface area (Å²) >= 11 is 0. The summed E-state index contributed by atoms with van der Waals surface area (Å²) in [5, 5.41) is 3.94. The van der Waals surface area contributed by atoms with Crippen molar-refractivity contribution in [3.63, 3.8) is 0 Å². The van der Waals surface area contributed by atoms with E-state index in [1.165, 1.54) is 0 Å². The van der Waals surface area contributed by atoms with Crippen molar-refractivity contribution in [3.05, 3.63) is 78.5 Å². The van der Waals surface area contributed by atoms with Gasteiger partial charge in [-0.1, -0.05) is 54.6 Å². The van der Waals surface area contributed by atoms with Gasteiger partial charge in [-0.05, 0) is 44.0 Å². The van der Waals surface area contributed by atoms with Crippen molar-refractivity contribution in [1.82, 2.24) is 15.3 Å². The van der Waals surface area contributed by atoms with Crippen molar-refractivity contribution < 1.29 is 19.0 Å². The number of rotatable bonds is 4. The molecular weight excluding hydrogens is 492 g/mol. The van der Waals surface area contributed by atoms with Crippen molar-refractivity contribution in [2.45, 2.75) is 50.5 Å². The first-order valence-electron chi connectivity index (χ1n) is 13.2. The first-order valence-corrected chi connectivity index (χ1v) is 13.2. The lowest BCUT2D eigenvalue weighted by molar-refractivity contribution is -0.245. The van der Waals surface area contributed by atoms with E-state index in [0.29, 0.717) is 31.9 Å². The average Bonchev–Trinajstić information content (AvgIpc) is 3.37. The zero-order chi connectivity index (χ0) is 27.3. The molecule has 0 bridgehead atoms. The minimum absolute atomic E-state index is 0.449. The van der Waals surface area contributed by atoms with E-state index in [2.05, 4.69) is 28.5 Å². The quantitative estimate of drug-likeness (QED) is 0.347. The smallest absolute Gasteiger partial charge is 0.408 e. The van der Waals surface area contributed by atoms with E-state index in [1.54, 1.807) is 6.20 Å². The highest BCUT2D eigenvalue weighted by molar-refractivity contribution is 5.96. The molecule has 2 aromatic carbocycles. The number of carbonyl (C=O) groups excluding carboxylic acids is 1. The Kier molecular flexibility index (Phi) is 6.04. The molecular formula is C31H32N4O4. The lowest BCUT2D eigenvalue weighted by atomic mass is 9.67. The summed E-state index contributed by atoms with van der Waals surface area (Å²) in [6, 6.07) is 22.2. The minimum atomic E-state index is -0.665. The molecule has 6 rings (SSSR count). The maximum atomic E-state index is 12.8. The molecule has 3 heterocycles. The maximum absolute atomic E-state index is 12.8. The fourth-order valence-electron chi connectivity index (χ4n) is 5.55. The number of carbonyl (C=O) groups is 1. The van der Waals surface area contributed by atoms with Crippen LogP contribution in [0.25, 0.3) is 33.3 Å². The van der Waals surface area contributed by atoms with Crippen molar-refractivity contribution in [1.29, 1.82) is 0 Å². The van der Waals surface area contributed by atoms with Gasteiger partial charge in [-0.15, -0.1) is 0 Å². The molecule has 2 aliphatic rings. The molecule has 39 heavy (non-hydrogen) atoms. The zero-order valence-corrected chi connectivity index (χ0v) is 22.4. The number of ether oxygens (including phenoxy) is 3. The number of nitrogens with zero attached hydrogens (tertiary/aromatic N) is 2. The molecule has 8 nitrogen and oxygen atoms in total. The molecule has 3 N–H and O–H groups in total. The SMILES string of the molecule is CC(C)(C)OC(=O)NC1(c2ccc(-c3nc4ccnc(N)c4cc3-c3ccccc3)cc2)CC2(C1)OCCO2. The van der Waals surface area contributed by atoms with Crippen LogP contribution in [0.4, 0.5) is 10.6 Å². The third-order valence-electron chi connectivity index (χ3n) is 7.27. The van der Waals surface area contributed by atoms with E-state index in [9.17, 15) is 4.79 Å². The standard InChI is InChI=1S/C31H32N4O4/c1-29(2,3)39-28(36)35-30(18-31(19-30)37-15-16-38-31)22-11-9-21(10-12-22)26-23(20-7-5-4-6-8-20)17-24-25(34-26)13-14-33-27(24)32/h4-14,17H,15-16,18-19H2,1-3H3,(H2,32,33)(H,35,36). The number of hydrogen-bond acceptors (Lipinski definition) is 7. The fraction of sp³-hybridized carbons (Fsp3) is 0.323. The topological polar surface area (TPSA) is 109 Å². The van der Waals surface area contributed by atoms with Gasteiger partial charge < -0.3 is 25.3 Å². The number of pyridine rings is 2. The molecule has 2 fully saturated rings. The summed E-state index contributed by atoms with van der Waals surface area (Å²) in [6.07, 6.45) is 2.22. The van der Waals surface area contributed by atoms with E-state index in [0.717, 1.165) is 38.9 Å². The van der Waals surface area contributed by atoms with Gasteiger partial charge in [-0.25, -0.2) is 14.8 Å². The first-order chi connectivity index (χ1) is 18.7. The predicted octanol–water partition coefficient (Wildman–Crippen LogP) is 5.80. The van der Waals surface area contributed by atoms with Gasteiger partial charge >= 0.3 is 6.09 Å². The van der Waals surface area contributed by atoms with Gasteiger partial charge in [0, 0.05) is 35.6 Å². The number of nitrogens with one attached hydrogen (secondary N) is 1. The van der Waals surface area contributed by atoms with Crippen LogP contribution in [-0.4, -0.2) is 40.7 Å². The Morgan fingerprint density at radius 2 is 1.67 bits per heavy atom. The zero-order valence-electron chi connectivity index (χ0n) is 22.4. The summed E-state index contributed by atoms with van der Waals surface area (Å²) in [4.78, 5) is 22.1. The molecule has 0 atom stereocenters. The first kappa shape index (κ1) is 25.3. The van der Waals surface area contributed by atoms with E-state index in [1.807, 2.05) is 69.3 Å². The van der Waals surface area contributed by atoms with Crippen LogP contribution in [0.2, 0.25) is 0 Å². The molecule has 1 amide bonds. The van der Waals surface area contributed by atoms with Gasteiger partial charge in [0.1, 0.15) is 11.4 Å². The Labute approximate surface area is 227 Å². The molecule has 200 valence electrons. The van der Waals surface area contributed by atoms with Gasteiger partial charge in [-0.2, -0.15) is 0 Å². The van der Waals surface area contributed by atoms with Crippen LogP contribution in [0.3, 0.4) is 0 Å². The highest BCUT2D eigenvalue weighted by atomic mass is 16.7. The van der Waals surface area contributed by atoms with Crippen LogP contribution in [0, 0.1) is 0 Å². The van der Waals surface area contributed by atoms with E-state index < -0.39 is 23.0 Å². The number of fused-ring (bicyclic) bond motifs is 1. The number of amides is 1. The highest BCUT2D eigenvalue weighted by Crippen LogP contribution is 2.53. The largest absolute Gasteiger partial charge is 0.444 e. The van der Waals surface area contributed by atoms with Crippen molar-refractivity contribution in [2.75, 3.05) is 18.9 Å². The molecule has 1 aliphatic carbocycles. The molecule has 0 radical (unpaired) electrons. The Bertz CT molecular complexity index is 1520. The Balaban J connectivity index is 1.38. The summed E-state index contributed by atoms with van der Waals surface area (Å²) in [7, 11) is 0. The van der Waals surface area contributed by atoms with E-state index in [-0.39, 0.29) is 0 Å². The van der Waals surface area contributed by atoms with Gasteiger partial charge in [0.15, 0.2) is 5.79 Å². The number of nitrogen functional groups attached to an aromatic ring is 1. The molecule has 1 saturated carbocycles. The number of hydrogen-bond donors (Lipinski definition) is 2. The van der Waals surface area contributed by atoms with Crippen LogP contribution < -0.4 is 11.1 Å². The molecule has 2 aromatic heterocycles. The Hall–Kier alpha value is -4.01. The minimum Gasteiger partial charge on any atom is -0.444 e. The lowest BCUT2D eigenvalue weighted by Gasteiger charge is -2.53. The average molecular weight is 525 g/mol. The fourth-order valence-corrected chi connectivity index (χ4v) is 5.55. The van der Waals surface area contributed by atoms with Gasteiger partial charge in [-0.3, -0.25) is 0 Å². The highest BCUT2D eigenvalue weighted by Gasteiger charge is 2.60. The van der Waals surface area contributed by atoms with Gasteiger partial charge in [0.25, 0.3) is 0 Å². The van der Waals surface area contributed by atoms with Gasteiger partial charge in [0.2, 0.25) is 0 Å². The summed E-state index contributed by atoms with van der Waals surface area (Å²) in [5.41, 5.74) is 10.4. The number of aromatic nitrogens is 2. The number of benzene rings is 2. The second-order valence-electron chi connectivity index (χ2n) is 11.3. The van der Waals surface area contributed by atoms with E-state index in [4.69, 9.17) is 24.9 Å². The van der Waals surface area contributed by atoms with Crippen molar-refractivity contribution in [3.8, 4) is 22.4 Å². The van der Waals surface area contributed by atoms with Crippen LogP contribution in [0.5, 0.6) is 0 Å².